The second-order valence-corrected chi connectivity index (χ2v) is 6.80. The van der Waals surface area contributed by atoms with E-state index in [1.807, 2.05) is 0 Å². The first-order valence-electron chi connectivity index (χ1n) is 5.89. The summed E-state index contributed by atoms with van der Waals surface area (Å²) >= 11 is 0. The van der Waals surface area contributed by atoms with E-state index in [-0.39, 0.29) is 29.3 Å². The third-order valence-corrected chi connectivity index (χ3v) is 4.13. The van der Waals surface area contributed by atoms with Crippen molar-refractivity contribution in [2.75, 3.05) is 19.3 Å². The lowest BCUT2D eigenvalue weighted by molar-refractivity contribution is -0.499. The molecule has 0 aromatic heterocycles. The maximum Gasteiger partial charge on any atom is 0.209 e. The van der Waals surface area contributed by atoms with Gasteiger partial charge in [-0.15, -0.1) is 12.4 Å². The van der Waals surface area contributed by atoms with Crippen molar-refractivity contribution >= 4 is 22.4 Å². The molecule has 0 radical (unpaired) electrons. The van der Waals surface area contributed by atoms with E-state index in [0.717, 1.165) is 38.4 Å². The molecule has 8 heteroatoms. The van der Waals surface area contributed by atoms with E-state index in [4.69, 9.17) is 0 Å². The molecule has 1 aliphatic rings. The largest absolute Gasteiger partial charge is 0.265 e. The summed E-state index contributed by atoms with van der Waals surface area (Å²) in [7, 11) is -3.20. The van der Waals surface area contributed by atoms with E-state index < -0.39 is 10.0 Å². The van der Waals surface area contributed by atoms with Crippen LogP contribution in [0, 0.1) is 15.5 Å². The molecule has 0 heterocycles. The number of hydrogen-bond acceptors (Lipinski definition) is 4. The summed E-state index contributed by atoms with van der Waals surface area (Å²) < 4.78 is 24.3. The topological polar surface area (TPSA) is 89.3 Å². The highest BCUT2D eigenvalue weighted by molar-refractivity contribution is 7.88. The minimum atomic E-state index is -3.20. The molecule has 0 aromatic rings. The molecule has 1 fully saturated rings. The Morgan fingerprint density at radius 2 is 1.83 bits per heavy atom. The van der Waals surface area contributed by atoms with Crippen LogP contribution in [0.2, 0.25) is 0 Å². The lowest BCUT2D eigenvalue weighted by Gasteiger charge is -2.33. The van der Waals surface area contributed by atoms with E-state index in [9.17, 15) is 18.5 Å². The molecule has 108 valence electrons. The standard InChI is InChI=1S/C10H20N2O4S.ClH/c1-17(15,16)11-8-7-10(9-12(13)14)5-3-2-4-6-10;/h11H,2-9H2,1H3;1H. The van der Waals surface area contributed by atoms with Gasteiger partial charge in [0.25, 0.3) is 0 Å². The van der Waals surface area contributed by atoms with Crippen LogP contribution in [0.3, 0.4) is 0 Å². The molecule has 0 unspecified atom stereocenters. The van der Waals surface area contributed by atoms with Crippen molar-refractivity contribution in [2.45, 2.75) is 38.5 Å². The second kappa shape index (κ2) is 7.25. The van der Waals surface area contributed by atoms with Crippen molar-refractivity contribution in [2.24, 2.45) is 5.41 Å². The predicted molar refractivity (Wildman–Crippen MR) is 72.1 cm³/mol. The summed E-state index contributed by atoms with van der Waals surface area (Å²) in [6.07, 6.45) is 6.46. The SMILES string of the molecule is CS(=O)(=O)NCCC1(C[N+](=O)[O-])CCCCC1.Cl. The highest BCUT2D eigenvalue weighted by Crippen LogP contribution is 2.39. The Balaban J connectivity index is 0.00000289. The number of nitrogens with zero attached hydrogens (tertiary/aromatic N) is 1. The molecule has 0 atom stereocenters. The molecule has 1 saturated carbocycles. The fraction of sp³-hybridized carbons (Fsp3) is 1.00. The number of rotatable bonds is 6. The average Bonchev–Trinajstić information content (AvgIpc) is 2.15. The Morgan fingerprint density at radius 3 is 2.28 bits per heavy atom. The average molecular weight is 301 g/mol. The van der Waals surface area contributed by atoms with Gasteiger partial charge in [-0.2, -0.15) is 0 Å². The van der Waals surface area contributed by atoms with Crippen LogP contribution in [0.25, 0.3) is 0 Å². The molecular weight excluding hydrogens is 280 g/mol. The van der Waals surface area contributed by atoms with E-state index in [1.54, 1.807) is 0 Å². The monoisotopic (exact) mass is 300 g/mol. The zero-order valence-electron chi connectivity index (χ0n) is 10.6. The first-order chi connectivity index (χ1) is 7.83. The fourth-order valence-corrected chi connectivity index (χ4v) is 3.04. The maximum atomic E-state index is 11.0. The van der Waals surface area contributed by atoms with Gasteiger partial charge in [-0.25, -0.2) is 13.1 Å². The Hall–Kier alpha value is -0.400. The number of sulfonamides is 1. The number of hydrogen-bond donors (Lipinski definition) is 1. The van der Waals surface area contributed by atoms with Crippen molar-refractivity contribution in [1.82, 2.24) is 4.72 Å². The van der Waals surface area contributed by atoms with Crippen LogP contribution in [0.5, 0.6) is 0 Å². The molecule has 18 heavy (non-hydrogen) atoms. The van der Waals surface area contributed by atoms with Gasteiger partial charge in [0.15, 0.2) is 0 Å². The summed E-state index contributed by atoms with van der Waals surface area (Å²) in [6.45, 7) is 0.255. The molecule has 1 N–H and O–H groups in total. The van der Waals surface area contributed by atoms with Crippen LogP contribution in [0.4, 0.5) is 0 Å². The van der Waals surface area contributed by atoms with Crippen molar-refractivity contribution in [1.29, 1.82) is 0 Å². The quantitative estimate of drug-likeness (QED) is 0.595. The van der Waals surface area contributed by atoms with Gasteiger partial charge in [-0.05, 0) is 19.3 Å². The number of nitrogens with one attached hydrogen (secondary N) is 1. The van der Waals surface area contributed by atoms with Crippen molar-refractivity contribution in [3.8, 4) is 0 Å². The van der Waals surface area contributed by atoms with Crippen LogP contribution >= 0.6 is 12.4 Å². The fourth-order valence-electron chi connectivity index (χ4n) is 2.56. The lowest BCUT2D eigenvalue weighted by atomic mass is 9.72. The molecule has 0 saturated heterocycles. The highest BCUT2D eigenvalue weighted by atomic mass is 35.5. The van der Waals surface area contributed by atoms with Gasteiger partial charge >= 0.3 is 0 Å². The highest BCUT2D eigenvalue weighted by Gasteiger charge is 2.36. The van der Waals surface area contributed by atoms with E-state index >= 15 is 0 Å². The Labute approximate surface area is 114 Å². The van der Waals surface area contributed by atoms with Crippen molar-refractivity contribution < 1.29 is 13.3 Å². The van der Waals surface area contributed by atoms with Crippen LogP contribution in [0.15, 0.2) is 0 Å². The van der Waals surface area contributed by atoms with Crippen LogP contribution in [-0.4, -0.2) is 32.7 Å². The third-order valence-electron chi connectivity index (χ3n) is 3.40. The summed E-state index contributed by atoms with van der Waals surface area (Å²) in [5.74, 6) is 0. The summed E-state index contributed by atoms with van der Waals surface area (Å²) in [4.78, 5) is 10.4. The van der Waals surface area contributed by atoms with Gasteiger partial charge in [0, 0.05) is 16.9 Å². The van der Waals surface area contributed by atoms with Gasteiger partial charge in [-0.3, -0.25) is 10.1 Å². The molecule has 0 aromatic carbocycles. The van der Waals surface area contributed by atoms with Crippen LogP contribution in [-0.2, 0) is 10.0 Å². The number of nitro groups is 1. The minimum Gasteiger partial charge on any atom is -0.265 e. The van der Waals surface area contributed by atoms with Gasteiger partial charge in [0.05, 0.1) is 6.26 Å². The predicted octanol–water partition coefficient (Wildman–Crippen LogP) is 1.57. The molecule has 1 aliphatic carbocycles. The second-order valence-electron chi connectivity index (χ2n) is 4.97. The summed E-state index contributed by atoms with van der Waals surface area (Å²) in [6, 6.07) is 0. The van der Waals surface area contributed by atoms with E-state index in [2.05, 4.69) is 4.72 Å². The molecular formula is C10H21ClN2O4S. The Morgan fingerprint density at radius 1 is 1.28 bits per heavy atom. The number of halogens is 1. The zero-order valence-corrected chi connectivity index (χ0v) is 12.2. The first-order valence-corrected chi connectivity index (χ1v) is 7.79. The van der Waals surface area contributed by atoms with Gasteiger partial charge in [0.2, 0.25) is 16.6 Å². The molecule has 6 nitrogen and oxygen atoms in total. The van der Waals surface area contributed by atoms with Gasteiger partial charge < -0.3 is 0 Å². The van der Waals surface area contributed by atoms with Crippen molar-refractivity contribution in [3.63, 3.8) is 0 Å². The lowest BCUT2D eigenvalue weighted by Crippen LogP contribution is -2.36. The van der Waals surface area contributed by atoms with Gasteiger partial charge in [-0.1, -0.05) is 19.3 Å². The molecule has 0 spiro atoms. The third kappa shape index (κ3) is 6.51. The van der Waals surface area contributed by atoms with Crippen LogP contribution < -0.4 is 4.72 Å². The molecule has 0 amide bonds. The van der Waals surface area contributed by atoms with E-state index in [1.165, 1.54) is 0 Å². The molecule has 0 aliphatic heterocycles. The minimum absolute atomic E-state index is 0. The first kappa shape index (κ1) is 17.6. The summed E-state index contributed by atoms with van der Waals surface area (Å²) in [5, 5.41) is 10.7. The maximum absolute atomic E-state index is 11.0. The Bertz CT molecular complexity index is 366. The van der Waals surface area contributed by atoms with Crippen molar-refractivity contribution in [3.05, 3.63) is 10.1 Å². The summed E-state index contributed by atoms with van der Waals surface area (Å²) in [5.41, 5.74) is -0.306. The van der Waals surface area contributed by atoms with Crippen LogP contribution in [0.1, 0.15) is 38.5 Å². The normalized spacial score (nSPS) is 18.9. The smallest absolute Gasteiger partial charge is 0.209 e. The molecule has 0 bridgehead atoms. The Kier molecular flexibility index (Phi) is 7.09. The zero-order chi connectivity index (χ0) is 12.9. The van der Waals surface area contributed by atoms with E-state index in [0.29, 0.717) is 13.0 Å². The van der Waals surface area contributed by atoms with Gasteiger partial charge in [0.1, 0.15) is 0 Å². The molecule has 1 rings (SSSR count).